The minimum Gasteiger partial charge on any atom is -0.398 e. The first-order valence-corrected chi connectivity index (χ1v) is 14.2. The number of sulfone groups is 1. The number of halogens is 2. The summed E-state index contributed by atoms with van der Waals surface area (Å²) in [7, 11) is -3.40. The number of rotatable bonds is 7. The maximum atomic E-state index is 13.6. The number of aromatic nitrogens is 1. The van der Waals surface area contributed by atoms with Crippen molar-refractivity contribution in [2.45, 2.75) is 37.8 Å². The van der Waals surface area contributed by atoms with Crippen LogP contribution >= 0.6 is 0 Å². The molecule has 0 saturated heterocycles. The number of nitrogen functional groups attached to an aromatic ring is 1. The summed E-state index contributed by atoms with van der Waals surface area (Å²) in [6.45, 7) is -2.79. The fraction of sp³-hybridized carbons (Fsp3) is 0.259. The number of anilines is 2. The number of nitrogens with two attached hydrogens (primary N) is 1. The summed E-state index contributed by atoms with van der Waals surface area (Å²) in [5.74, 6) is -1.45. The molecule has 2 aromatic carbocycles. The molecule has 10 nitrogen and oxygen atoms in total. The van der Waals surface area contributed by atoms with Gasteiger partial charge in [-0.15, -0.1) is 8.78 Å². The highest BCUT2D eigenvalue weighted by atomic mass is 32.2. The molecule has 0 bridgehead atoms. The van der Waals surface area contributed by atoms with Crippen LogP contribution in [0.4, 0.5) is 20.2 Å². The van der Waals surface area contributed by atoms with Gasteiger partial charge < -0.3 is 21.4 Å². The van der Waals surface area contributed by atoms with Gasteiger partial charge in [-0.3, -0.25) is 14.4 Å². The van der Waals surface area contributed by atoms with Crippen LogP contribution in [-0.2, 0) is 9.84 Å². The summed E-state index contributed by atoms with van der Waals surface area (Å²) in [4.78, 5) is 44.0. The fourth-order valence-corrected chi connectivity index (χ4v) is 6.04. The van der Waals surface area contributed by atoms with Crippen molar-refractivity contribution in [3.8, 4) is 0 Å². The third-order valence-corrected chi connectivity index (χ3v) is 8.42. The second-order valence-corrected chi connectivity index (χ2v) is 11.7. The Hall–Kier alpha value is -4.39. The maximum absolute atomic E-state index is 13.6. The van der Waals surface area contributed by atoms with Crippen molar-refractivity contribution in [2.75, 3.05) is 16.8 Å². The molecule has 2 aliphatic rings. The lowest BCUT2D eigenvalue weighted by atomic mass is 9.77. The van der Waals surface area contributed by atoms with Gasteiger partial charge >= 0.3 is 6.55 Å². The van der Waals surface area contributed by atoms with E-state index in [1.807, 2.05) is 4.99 Å². The first kappa shape index (κ1) is 27.2. The summed E-state index contributed by atoms with van der Waals surface area (Å²) < 4.78 is 48.5. The molecular formula is C27H26F2N5O5S+. The largest absolute Gasteiger partial charge is 0.444 e. The fourth-order valence-electron chi connectivity index (χ4n) is 4.80. The van der Waals surface area contributed by atoms with Gasteiger partial charge in [0.25, 0.3) is 17.4 Å². The van der Waals surface area contributed by atoms with E-state index in [4.69, 9.17) is 5.73 Å². The smallest absolute Gasteiger partial charge is 0.398 e. The molecule has 1 atom stereocenters. The number of carbonyl (C=O) groups is 2. The molecule has 3 aromatic rings. The molecule has 1 aliphatic carbocycles. The van der Waals surface area contributed by atoms with Crippen molar-refractivity contribution in [2.24, 2.45) is 0 Å². The average molecular weight is 571 g/mol. The molecule has 2 amide bonds. The van der Waals surface area contributed by atoms with Gasteiger partial charge in [-0.1, -0.05) is 18.6 Å². The van der Waals surface area contributed by atoms with E-state index in [9.17, 15) is 31.6 Å². The number of fused-ring (bicyclic) bond motifs is 1. The van der Waals surface area contributed by atoms with E-state index in [0.29, 0.717) is 11.1 Å². The van der Waals surface area contributed by atoms with Crippen LogP contribution in [0, 0.1) is 0 Å². The summed E-state index contributed by atoms with van der Waals surface area (Å²) in [6.07, 6.45) is 5.14. The standard InChI is InChI=1S/C27H25F2N5O5S/c28-27(29)31-12-16-10-17(5-7-21(16)30)32-26(37)22-19(14-2-1-3-14)6-4-15-11-20(25(36)34-23(15)22)24(35)33-18-8-9-40(38,39)13-18/h4-12,14,18,27H,1-3,13,30H2,(H,32,37)(H,33,35)(H,34,36)/p+1/b31-12+/t18-/m1/s1. The molecular weight excluding hydrogens is 544 g/mol. The van der Waals surface area contributed by atoms with Gasteiger partial charge in [-0.05, 0) is 60.1 Å². The summed E-state index contributed by atoms with van der Waals surface area (Å²) in [5.41, 5.74) is 6.91. The van der Waals surface area contributed by atoms with Crippen LogP contribution < -0.4 is 26.9 Å². The Labute approximate surface area is 227 Å². The number of alkyl halides is 2. The predicted octanol–water partition coefficient (Wildman–Crippen LogP) is 1.39. The third kappa shape index (κ3) is 5.64. The third-order valence-electron chi connectivity index (χ3n) is 7.03. The predicted molar refractivity (Wildman–Crippen MR) is 146 cm³/mol. The quantitative estimate of drug-likeness (QED) is 0.164. The van der Waals surface area contributed by atoms with Crippen molar-refractivity contribution in [1.82, 2.24) is 10.3 Å². The van der Waals surface area contributed by atoms with E-state index in [1.165, 1.54) is 30.3 Å². The Morgan fingerprint density at radius 2 is 1.90 bits per heavy atom. The lowest BCUT2D eigenvalue weighted by Crippen LogP contribution is -2.73. The molecule has 2 heterocycles. The molecule has 0 radical (unpaired) electrons. The van der Waals surface area contributed by atoms with Gasteiger partial charge in [0, 0.05) is 16.8 Å². The number of hydrogen-bond donors (Lipinski definition) is 5. The molecule has 13 heteroatoms. The van der Waals surface area contributed by atoms with Crippen molar-refractivity contribution >= 4 is 50.1 Å². The number of carbonyl (C=O) groups excluding carboxylic acids is 2. The van der Waals surface area contributed by atoms with Crippen LogP contribution in [0.3, 0.4) is 0 Å². The summed E-state index contributed by atoms with van der Waals surface area (Å²) in [5, 5.41) is 6.75. The normalized spacial score (nSPS) is 18.3. The Bertz CT molecular complexity index is 1750. The summed E-state index contributed by atoms with van der Waals surface area (Å²) >= 11 is 0. The van der Waals surface area contributed by atoms with Crippen molar-refractivity contribution in [3.05, 3.63) is 80.5 Å². The van der Waals surface area contributed by atoms with Crippen LogP contribution in [0.15, 0.2) is 52.7 Å². The van der Waals surface area contributed by atoms with E-state index in [-0.39, 0.29) is 39.6 Å². The lowest BCUT2D eigenvalue weighted by molar-refractivity contribution is -0.568. The van der Waals surface area contributed by atoms with Gasteiger partial charge in [0.2, 0.25) is 0 Å². The van der Waals surface area contributed by atoms with E-state index in [0.717, 1.165) is 36.4 Å². The molecule has 1 aromatic heterocycles. The van der Waals surface area contributed by atoms with Crippen LogP contribution in [0.2, 0.25) is 0 Å². The van der Waals surface area contributed by atoms with Gasteiger partial charge in [-0.2, -0.15) is 4.99 Å². The minimum absolute atomic E-state index is 0.110. The monoisotopic (exact) mass is 570 g/mol. The van der Waals surface area contributed by atoms with E-state index in [1.54, 1.807) is 12.1 Å². The highest BCUT2D eigenvalue weighted by molar-refractivity contribution is 7.94. The van der Waals surface area contributed by atoms with E-state index >= 15 is 0 Å². The number of aromatic amines is 1. The van der Waals surface area contributed by atoms with Crippen molar-refractivity contribution < 1.29 is 31.8 Å². The summed E-state index contributed by atoms with van der Waals surface area (Å²) in [6, 6.07) is 8.57. The van der Waals surface area contributed by atoms with Crippen LogP contribution in [-0.4, -0.2) is 49.8 Å². The van der Waals surface area contributed by atoms with E-state index in [2.05, 4.69) is 15.6 Å². The average Bonchev–Trinajstić information content (AvgIpc) is 3.20. The zero-order valence-electron chi connectivity index (χ0n) is 21.0. The highest BCUT2D eigenvalue weighted by Gasteiger charge is 2.28. The van der Waals surface area contributed by atoms with Gasteiger partial charge in [0.15, 0.2) is 16.1 Å². The molecule has 1 saturated carbocycles. The number of nitrogens with one attached hydrogen (secondary N) is 4. The molecule has 1 fully saturated rings. The Morgan fingerprint density at radius 3 is 2.55 bits per heavy atom. The van der Waals surface area contributed by atoms with Gasteiger partial charge in [0.05, 0.1) is 28.4 Å². The van der Waals surface area contributed by atoms with Crippen LogP contribution in [0.5, 0.6) is 0 Å². The zero-order valence-corrected chi connectivity index (χ0v) is 21.9. The number of H-pyrrole nitrogens is 1. The molecule has 0 unspecified atom stereocenters. The Morgan fingerprint density at radius 1 is 1.12 bits per heavy atom. The second kappa shape index (κ2) is 10.6. The number of amides is 2. The number of hydrogen-bond acceptors (Lipinski definition) is 6. The van der Waals surface area contributed by atoms with Gasteiger partial charge in [-0.25, -0.2) is 8.42 Å². The molecule has 0 spiro atoms. The Kier molecular flexibility index (Phi) is 7.23. The SMILES string of the molecule is Nc1ccc(NC(=O)c2c(C3CCC3)ccc3cc(C(=O)N[C@@H]4C=CS(=O)(=O)C4)c(=O)[nH]c23)cc1/C=[NH+]/C(F)F. The van der Waals surface area contributed by atoms with Crippen molar-refractivity contribution in [3.63, 3.8) is 0 Å². The van der Waals surface area contributed by atoms with Crippen molar-refractivity contribution in [1.29, 1.82) is 0 Å². The molecule has 40 heavy (non-hydrogen) atoms. The zero-order chi connectivity index (χ0) is 28.6. The molecule has 5 rings (SSSR count). The van der Waals surface area contributed by atoms with Crippen LogP contribution in [0.25, 0.3) is 10.9 Å². The Balaban J connectivity index is 1.50. The first-order valence-electron chi connectivity index (χ1n) is 12.5. The highest BCUT2D eigenvalue weighted by Crippen LogP contribution is 2.40. The van der Waals surface area contributed by atoms with Gasteiger partial charge in [0.1, 0.15) is 5.56 Å². The topological polar surface area (TPSA) is 165 Å². The van der Waals surface area contributed by atoms with Crippen LogP contribution in [0.1, 0.15) is 57.0 Å². The molecule has 6 N–H and O–H groups in total. The lowest BCUT2D eigenvalue weighted by Gasteiger charge is -2.28. The number of benzene rings is 2. The minimum atomic E-state index is -3.40. The molecule has 208 valence electrons. The maximum Gasteiger partial charge on any atom is 0.444 e. The first-order chi connectivity index (χ1) is 19.0. The second-order valence-electron chi connectivity index (χ2n) is 9.78. The molecule has 1 aliphatic heterocycles. The number of pyridine rings is 1. The van der Waals surface area contributed by atoms with E-state index < -0.39 is 39.8 Å².